The Balaban J connectivity index is 1.45. The molecule has 0 saturated heterocycles. The fourth-order valence-corrected chi connectivity index (χ4v) is 4.35. The van der Waals surface area contributed by atoms with E-state index in [9.17, 15) is 22.4 Å². The maximum Gasteiger partial charge on any atom is 0.417 e. The Morgan fingerprint density at radius 1 is 1.03 bits per heavy atom. The Morgan fingerprint density at radius 3 is 2.57 bits per heavy atom. The topological polar surface area (TPSA) is 67.0 Å². The van der Waals surface area contributed by atoms with E-state index in [-0.39, 0.29) is 23.0 Å². The zero-order valence-electron chi connectivity index (χ0n) is 18.5. The van der Waals surface area contributed by atoms with Gasteiger partial charge in [0.05, 0.1) is 22.7 Å². The summed E-state index contributed by atoms with van der Waals surface area (Å²) in [6.45, 7) is 0. The number of hydrogen-bond donors (Lipinski definition) is 2. The molecule has 1 saturated carbocycles. The van der Waals surface area contributed by atoms with Crippen LogP contribution in [0.25, 0.3) is 22.4 Å². The van der Waals surface area contributed by atoms with Crippen LogP contribution < -0.4 is 10.1 Å². The number of amides is 1. The summed E-state index contributed by atoms with van der Waals surface area (Å²) in [5.41, 5.74) is -0.251. The third kappa shape index (κ3) is 4.84. The number of carbonyl (C=O) groups is 1. The van der Waals surface area contributed by atoms with Gasteiger partial charge in [0.15, 0.2) is 0 Å². The number of hydrogen-bond acceptors (Lipinski definition) is 3. The average molecular weight is 483 g/mol. The third-order valence-corrected chi connectivity index (χ3v) is 6.00. The monoisotopic (exact) mass is 483 g/mol. The molecule has 3 aromatic carbocycles. The van der Waals surface area contributed by atoms with E-state index < -0.39 is 29.0 Å². The normalized spacial score (nSPS) is 14.4. The highest BCUT2D eigenvalue weighted by molar-refractivity contribution is 6.11. The summed E-state index contributed by atoms with van der Waals surface area (Å²) in [6.07, 6.45) is -0.258. The van der Waals surface area contributed by atoms with Crippen molar-refractivity contribution in [2.45, 2.75) is 38.0 Å². The summed E-state index contributed by atoms with van der Waals surface area (Å²) in [5, 5.41) is 2.80. The van der Waals surface area contributed by atoms with Crippen LogP contribution >= 0.6 is 0 Å². The van der Waals surface area contributed by atoms with E-state index in [0.717, 1.165) is 37.8 Å². The maximum atomic E-state index is 13.8. The van der Waals surface area contributed by atoms with E-state index >= 15 is 0 Å². The standard InChI is InChI=1S/C26H21F4N3O2/c27-15-11-12-21(26(28,29)30)20(13-15)24-32-22-10-4-9-19(23(22)33-24)25(34)31-16-5-3-8-18(14-16)35-17-6-1-2-7-17/h3-5,8-14,17H,1-2,6-7H2,(H,31,34)(H,32,33). The van der Waals surface area contributed by atoms with Gasteiger partial charge in [-0.2, -0.15) is 13.2 Å². The number of nitrogens with zero attached hydrogens (tertiary/aromatic N) is 1. The summed E-state index contributed by atoms with van der Waals surface area (Å²) < 4.78 is 60.3. The number of carbonyl (C=O) groups excluding carboxylic acids is 1. The predicted molar refractivity (Wildman–Crippen MR) is 124 cm³/mol. The number of para-hydroxylation sites is 1. The van der Waals surface area contributed by atoms with Crippen LogP contribution in [-0.2, 0) is 6.18 Å². The molecule has 1 heterocycles. The first-order chi connectivity index (χ1) is 16.8. The number of aromatic amines is 1. The van der Waals surface area contributed by atoms with Gasteiger partial charge >= 0.3 is 6.18 Å². The molecule has 1 amide bonds. The van der Waals surface area contributed by atoms with Gasteiger partial charge in [-0.25, -0.2) is 9.37 Å². The van der Waals surface area contributed by atoms with Crippen molar-refractivity contribution in [3.8, 4) is 17.1 Å². The van der Waals surface area contributed by atoms with Crippen molar-refractivity contribution in [3.63, 3.8) is 0 Å². The molecule has 1 fully saturated rings. The average Bonchev–Trinajstić information content (AvgIpc) is 3.48. The molecular weight excluding hydrogens is 462 g/mol. The minimum absolute atomic E-state index is 0.164. The third-order valence-electron chi connectivity index (χ3n) is 6.00. The first-order valence-corrected chi connectivity index (χ1v) is 11.2. The second-order valence-corrected chi connectivity index (χ2v) is 8.48. The SMILES string of the molecule is O=C(Nc1cccc(OC2CCCC2)c1)c1cccc2[nH]c(-c3cc(F)ccc3C(F)(F)F)nc12. The fourth-order valence-electron chi connectivity index (χ4n) is 4.35. The van der Waals surface area contributed by atoms with Gasteiger partial charge in [0.25, 0.3) is 5.91 Å². The van der Waals surface area contributed by atoms with Crippen LogP contribution in [0, 0.1) is 5.82 Å². The lowest BCUT2D eigenvalue weighted by Crippen LogP contribution is -2.13. The lowest BCUT2D eigenvalue weighted by atomic mass is 10.1. The Morgan fingerprint density at radius 2 is 1.80 bits per heavy atom. The molecular formula is C26H21F4N3O2. The number of anilines is 1. The smallest absolute Gasteiger partial charge is 0.417 e. The first-order valence-electron chi connectivity index (χ1n) is 11.2. The van der Waals surface area contributed by atoms with E-state index in [1.807, 2.05) is 6.07 Å². The van der Waals surface area contributed by atoms with E-state index in [0.29, 0.717) is 23.0 Å². The molecule has 0 radical (unpaired) electrons. The lowest BCUT2D eigenvalue weighted by molar-refractivity contribution is -0.137. The van der Waals surface area contributed by atoms with Crippen LogP contribution in [0.15, 0.2) is 60.7 Å². The summed E-state index contributed by atoms with van der Waals surface area (Å²) in [6, 6.07) is 14.0. The molecule has 4 aromatic rings. The summed E-state index contributed by atoms with van der Waals surface area (Å²) in [7, 11) is 0. The minimum atomic E-state index is -4.70. The number of rotatable bonds is 5. The number of fused-ring (bicyclic) bond motifs is 1. The zero-order valence-corrected chi connectivity index (χ0v) is 18.5. The number of alkyl halides is 3. The van der Waals surface area contributed by atoms with Gasteiger partial charge in [0, 0.05) is 17.3 Å². The Hall–Kier alpha value is -3.88. The van der Waals surface area contributed by atoms with Crippen molar-refractivity contribution in [2.24, 2.45) is 0 Å². The van der Waals surface area contributed by atoms with E-state index in [1.165, 1.54) is 6.07 Å². The molecule has 5 rings (SSSR count). The molecule has 0 aliphatic heterocycles. The highest BCUT2D eigenvalue weighted by atomic mass is 19.4. The summed E-state index contributed by atoms with van der Waals surface area (Å²) in [5.74, 6) is -0.840. The van der Waals surface area contributed by atoms with Crippen molar-refractivity contribution in [3.05, 3.63) is 77.6 Å². The molecule has 0 spiro atoms. The van der Waals surface area contributed by atoms with Gasteiger partial charge in [-0.05, 0) is 68.1 Å². The van der Waals surface area contributed by atoms with Crippen LogP contribution in [0.5, 0.6) is 5.75 Å². The van der Waals surface area contributed by atoms with Crippen molar-refractivity contribution in [1.82, 2.24) is 9.97 Å². The molecule has 180 valence electrons. The number of ether oxygens (including phenoxy) is 1. The zero-order chi connectivity index (χ0) is 24.6. The molecule has 1 aliphatic rings. The van der Waals surface area contributed by atoms with E-state index in [4.69, 9.17) is 4.74 Å². The van der Waals surface area contributed by atoms with Gasteiger partial charge in [-0.15, -0.1) is 0 Å². The molecule has 5 nitrogen and oxygen atoms in total. The number of nitrogens with one attached hydrogen (secondary N) is 2. The number of imidazole rings is 1. The number of halogens is 4. The molecule has 35 heavy (non-hydrogen) atoms. The molecule has 0 atom stereocenters. The molecule has 0 unspecified atom stereocenters. The lowest BCUT2D eigenvalue weighted by Gasteiger charge is -2.14. The highest BCUT2D eigenvalue weighted by Gasteiger charge is 2.34. The van der Waals surface area contributed by atoms with E-state index in [2.05, 4.69) is 15.3 Å². The van der Waals surface area contributed by atoms with Crippen molar-refractivity contribution in [2.75, 3.05) is 5.32 Å². The van der Waals surface area contributed by atoms with Crippen LogP contribution in [0.4, 0.5) is 23.2 Å². The van der Waals surface area contributed by atoms with Gasteiger partial charge in [-0.3, -0.25) is 4.79 Å². The molecule has 9 heteroatoms. The van der Waals surface area contributed by atoms with Crippen LogP contribution in [0.3, 0.4) is 0 Å². The molecule has 0 bridgehead atoms. The molecule has 1 aromatic heterocycles. The number of aromatic nitrogens is 2. The summed E-state index contributed by atoms with van der Waals surface area (Å²) >= 11 is 0. The Bertz CT molecular complexity index is 1390. The van der Waals surface area contributed by atoms with Crippen LogP contribution in [0.1, 0.15) is 41.6 Å². The van der Waals surface area contributed by atoms with Gasteiger partial charge in [0.1, 0.15) is 22.9 Å². The first kappa shape index (κ1) is 22.9. The Kier molecular flexibility index (Phi) is 5.92. The van der Waals surface area contributed by atoms with Crippen molar-refractivity contribution < 1.29 is 27.1 Å². The fraction of sp³-hybridized carbons (Fsp3) is 0.231. The number of H-pyrrole nitrogens is 1. The van der Waals surface area contributed by atoms with Gasteiger partial charge in [0.2, 0.25) is 0 Å². The highest BCUT2D eigenvalue weighted by Crippen LogP contribution is 2.37. The van der Waals surface area contributed by atoms with Crippen molar-refractivity contribution >= 4 is 22.6 Å². The van der Waals surface area contributed by atoms with Gasteiger partial charge in [-0.1, -0.05) is 12.1 Å². The van der Waals surface area contributed by atoms with Crippen LogP contribution in [0.2, 0.25) is 0 Å². The largest absolute Gasteiger partial charge is 0.490 e. The second-order valence-electron chi connectivity index (χ2n) is 8.48. The Labute approximate surface area is 198 Å². The predicted octanol–water partition coefficient (Wildman–Crippen LogP) is 6.96. The maximum absolute atomic E-state index is 13.8. The minimum Gasteiger partial charge on any atom is -0.490 e. The molecule has 2 N–H and O–H groups in total. The van der Waals surface area contributed by atoms with Crippen molar-refractivity contribution in [1.29, 1.82) is 0 Å². The quantitative estimate of drug-likeness (QED) is 0.302. The van der Waals surface area contributed by atoms with Gasteiger partial charge < -0.3 is 15.0 Å². The summed E-state index contributed by atoms with van der Waals surface area (Å²) in [4.78, 5) is 20.1. The second kappa shape index (κ2) is 9.05. The van der Waals surface area contributed by atoms with E-state index in [1.54, 1.807) is 30.3 Å². The van der Waals surface area contributed by atoms with Crippen LogP contribution in [-0.4, -0.2) is 22.0 Å². The number of benzene rings is 3. The molecule has 1 aliphatic carbocycles.